The van der Waals surface area contributed by atoms with E-state index in [1.165, 1.54) is 5.56 Å². The quantitative estimate of drug-likeness (QED) is 0.780. The lowest BCUT2D eigenvalue weighted by Gasteiger charge is -2.15. The molecular formula is C18H22ClN3O. The molecule has 0 radical (unpaired) electrons. The number of carbonyl (C=O) groups excluding carboxylic acids is 1. The van der Waals surface area contributed by atoms with Crippen LogP contribution in [-0.4, -0.2) is 27.6 Å². The van der Waals surface area contributed by atoms with Gasteiger partial charge >= 0.3 is 0 Å². The van der Waals surface area contributed by atoms with Crippen molar-refractivity contribution in [3.8, 4) is 0 Å². The highest BCUT2D eigenvalue weighted by Gasteiger charge is 2.12. The molecule has 0 bridgehead atoms. The first-order valence-electron chi connectivity index (χ1n) is 7.58. The predicted molar refractivity (Wildman–Crippen MR) is 94.3 cm³/mol. The molecule has 23 heavy (non-hydrogen) atoms. The van der Waals surface area contributed by atoms with E-state index in [0.717, 1.165) is 11.3 Å². The number of benzene rings is 1. The summed E-state index contributed by atoms with van der Waals surface area (Å²) in [5.74, 6) is 0.430. The number of rotatable bonds is 5. The van der Waals surface area contributed by atoms with Gasteiger partial charge in [-0.2, -0.15) is 5.10 Å². The zero-order chi connectivity index (χ0) is 17.0. The van der Waals surface area contributed by atoms with Crippen molar-refractivity contribution >= 4 is 23.6 Å². The number of amides is 1. The van der Waals surface area contributed by atoms with Gasteiger partial charge in [0.05, 0.1) is 23.5 Å². The second-order valence-electron chi connectivity index (χ2n) is 5.91. The SMILES string of the molecule is CC(C)c1ccc(/C=C/C(=O)N(C)Cc2c(Cl)cnn2C)cc1. The summed E-state index contributed by atoms with van der Waals surface area (Å²) < 4.78 is 1.68. The molecule has 0 N–H and O–H groups in total. The molecule has 1 amide bonds. The van der Waals surface area contributed by atoms with E-state index in [9.17, 15) is 4.79 Å². The Hall–Kier alpha value is -2.07. The molecule has 0 saturated carbocycles. The number of hydrogen-bond donors (Lipinski definition) is 0. The summed E-state index contributed by atoms with van der Waals surface area (Å²) in [4.78, 5) is 13.8. The maximum absolute atomic E-state index is 12.2. The molecular weight excluding hydrogens is 310 g/mol. The van der Waals surface area contributed by atoms with Gasteiger partial charge < -0.3 is 4.90 Å². The van der Waals surface area contributed by atoms with Crippen molar-refractivity contribution in [2.45, 2.75) is 26.3 Å². The van der Waals surface area contributed by atoms with Crippen molar-refractivity contribution in [3.05, 3.63) is 58.4 Å². The first-order chi connectivity index (χ1) is 10.9. The zero-order valence-corrected chi connectivity index (χ0v) is 14.7. The molecule has 1 aromatic heterocycles. The third kappa shape index (κ3) is 4.45. The molecule has 0 aliphatic rings. The molecule has 1 heterocycles. The molecule has 0 saturated heterocycles. The summed E-state index contributed by atoms with van der Waals surface area (Å²) in [5, 5.41) is 4.64. The van der Waals surface area contributed by atoms with Crippen LogP contribution >= 0.6 is 11.6 Å². The number of halogens is 1. The summed E-state index contributed by atoms with van der Waals surface area (Å²) in [6.07, 6.45) is 4.99. The second-order valence-corrected chi connectivity index (χ2v) is 6.32. The van der Waals surface area contributed by atoms with E-state index < -0.39 is 0 Å². The highest BCUT2D eigenvalue weighted by atomic mass is 35.5. The van der Waals surface area contributed by atoms with Gasteiger partial charge in [-0.1, -0.05) is 49.7 Å². The highest BCUT2D eigenvalue weighted by molar-refractivity contribution is 6.31. The molecule has 0 aliphatic heterocycles. The fourth-order valence-electron chi connectivity index (χ4n) is 2.20. The highest BCUT2D eigenvalue weighted by Crippen LogP contribution is 2.17. The number of aromatic nitrogens is 2. The van der Waals surface area contributed by atoms with Crippen molar-refractivity contribution < 1.29 is 4.79 Å². The number of nitrogens with zero attached hydrogens (tertiary/aromatic N) is 3. The van der Waals surface area contributed by atoms with Gasteiger partial charge in [-0.05, 0) is 23.1 Å². The third-order valence-corrected chi connectivity index (χ3v) is 4.11. The molecule has 5 heteroatoms. The number of carbonyl (C=O) groups is 1. The van der Waals surface area contributed by atoms with Crippen LogP contribution in [0.15, 0.2) is 36.5 Å². The average Bonchev–Trinajstić information content (AvgIpc) is 2.84. The number of hydrogen-bond acceptors (Lipinski definition) is 2. The first-order valence-corrected chi connectivity index (χ1v) is 7.95. The molecule has 0 spiro atoms. The summed E-state index contributed by atoms with van der Waals surface area (Å²) in [6, 6.07) is 8.23. The lowest BCUT2D eigenvalue weighted by atomic mass is 10.0. The van der Waals surface area contributed by atoms with Gasteiger partial charge in [0.15, 0.2) is 0 Å². The smallest absolute Gasteiger partial charge is 0.246 e. The molecule has 0 unspecified atom stereocenters. The summed E-state index contributed by atoms with van der Waals surface area (Å²) in [5.41, 5.74) is 3.11. The fraction of sp³-hybridized carbons (Fsp3) is 0.333. The predicted octanol–water partition coefficient (Wildman–Crippen LogP) is 3.87. The van der Waals surface area contributed by atoms with E-state index in [0.29, 0.717) is 17.5 Å². The molecule has 0 fully saturated rings. The van der Waals surface area contributed by atoms with Gasteiger partial charge in [0.25, 0.3) is 0 Å². The van der Waals surface area contributed by atoms with Crippen LogP contribution in [0.5, 0.6) is 0 Å². The number of likely N-dealkylation sites (N-methyl/N-ethyl adjacent to an activating group) is 1. The third-order valence-electron chi connectivity index (χ3n) is 3.80. The lowest BCUT2D eigenvalue weighted by molar-refractivity contribution is -0.125. The van der Waals surface area contributed by atoms with Crippen LogP contribution in [0.3, 0.4) is 0 Å². The van der Waals surface area contributed by atoms with Crippen molar-refractivity contribution in [3.63, 3.8) is 0 Å². The van der Waals surface area contributed by atoms with Crippen LogP contribution < -0.4 is 0 Å². The molecule has 2 rings (SSSR count). The summed E-state index contributed by atoms with van der Waals surface area (Å²) in [6.45, 7) is 4.74. The maximum Gasteiger partial charge on any atom is 0.246 e. The zero-order valence-electron chi connectivity index (χ0n) is 14.0. The Bertz CT molecular complexity index is 682. The molecule has 122 valence electrons. The van der Waals surface area contributed by atoms with Crippen molar-refractivity contribution in [2.75, 3.05) is 7.05 Å². The lowest BCUT2D eigenvalue weighted by Crippen LogP contribution is -2.25. The molecule has 0 atom stereocenters. The largest absolute Gasteiger partial charge is 0.336 e. The summed E-state index contributed by atoms with van der Waals surface area (Å²) >= 11 is 6.07. The first kappa shape index (κ1) is 17.3. The van der Waals surface area contributed by atoms with Gasteiger partial charge in [-0.15, -0.1) is 0 Å². The van der Waals surface area contributed by atoms with Crippen LogP contribution in [-0.2, 0) is 18.4 Å². The van der Waals surface area contributed by atoms with Crippen LogP contribution in [0.4, 0.5) is 0 Å². The Morgan fingerprint density at radius 3 is 2.52 bits per heavy atom. The van der Waals surface area contributed by atoms with Gasteiger partial charge in [0, 0.05) is 20.2 Å². The van der Waals surface area contributed by atoms with Gasteiger partial charge in [0.2, 0.25) is 5.91 Å². The molecule has 2 aromatic rings. The Kier molecular flexibility index (Phi) is 5.61. The monoisotopic (exact) mass is 331 g/mol. The standard InChI is InChI=1S/C18H22ClN3O/c1-13(2)15-8-5-14(6-9-15)7-10-18(23)21(3)12-17-16(19)11-20-22(17)4/h5-11,13H,12H2,1-4H3/b10-7+. The Balaban J connectivity index is 2.00. The van der Waals surface area contributed by atoms with E-state index in [1.54, 1.807) is 28.9 Å². The van der Waals surface area contributed by atoms with Crippen molar-refractivity contribution in [2.24, 2.45) is 7.05 Å². The van der Waals surface area contributed by atoms with E-state index in [1.807, 2.05) is 25.3 Å². The summed E-state index contributed by atoms with van der Waals surface area (Å²) in [7, 11) is 3.56. The minimum absolute atomic E-state index is 0.0739. The number of aryl methyl sites for hydroxylation is 1. The Labute approximate surface area is 142 Å². The van der Waals surface area contributed by atoms with Crippen LogP contribution in [0.2, 0.25) is 5.02 Å². The fourth-order valence-corrected chi connectivity index (χ4v) is 2.43. The van der Waals surface area contributed by atoms with Crippen LogP contribution in [0, 0.1) is 0 Å². The average molecular weight is 332 g/mol. The van der Waals surface area contributed by atoms with E-state index in [4.69, 9.17) is 11.6 Å². The van der Waals surface area contributed by atoms with Crippen molar-refractivity contribution in [1.29, 1.82) is 0 Å². The molecule has 0 aliphatic carbocycles. The topological polar surface area (TPSA) is 38.1 Å². The molecule has 4 nitrogen and oxygen atoms in total. The maximum atomic E-state index is 12.2. The second kappa shape index (κ2) is 7.47. The van der Waals surface area contributed by atoms with E-state index in [2.05, 4.69) is 31.1 Å². The van der Waals surface area contributed by atoms with Crippen LogP contribution in [0.1, 0.15) is 36.6 Å². The van der Waals surface area contributed by atoms with Crippen molar-refractivity contribution in [1.82, 2.24) is 14.7 Å². The minimum Gasteiger partial charge on any atom is -0.336 e. The van der Waals surface area contributed by atoms with Gasteiger partial charge in [0.1, 0.15) is 0 Å². The van der Waals surface area contributed by atoms with E-state index >= 15 is 0 Å². The minimum atomic E-state index is -0.0739. The molecule has 1 aromatic carbocycles. The Morgan fingerprint density at radius 1 is 1.35 bits per heavy atom. The van der Waals surface area contributed by atoms with E-state index in [-0.39, 0.29) is 5.91 Å². The van der Waals surface area contributed by atoms with Gasteiger partial charge in [-0.25, -0.2) is 0 Å². The van der Waals surface area contributed by atoms with Gasteiger partial charge in [-0.3, -0.25) is 9.48 Å². The normalized spacial score (nSPS) is 11.4. The Morgan fingerprint density at radius 2 is 2.00 bits per heavy atom. The van der Waals surface area contributed by atoms with Crippen LogP contribution in [0.25, 0.3) is 6.08 Å².